The molecule has 2 amide bonds. The van der Waals surface area contributed by atoms with Crippen molar-refractivity contribution in [3.05, 3.63) is 35.9 Å². The number of alkyl carbamates (subject to hydrolysis) is 1. The van der Waals surface area contributed by atoms with Gasteiger partial charge < -0.3 is 24.8 Å². The minimum atomic E-state index is -0.972. The van der Waals surface area contributed by atoms with Crippen LogP contribution in [0.1, 0.15) is 18.9 Å². The summed E-state index contributed by atoms with van der Waals surface area (Å²) in [5, 5.41) is 11.8. The van der Waals surface area contributed by atoms with Crippen LogP contribution in [0, 0.1) is 0 Å². The summed E-state index contributed by atoms with van der Waals surface area (Å²) < 4.78 is 10.8. The van der Waals surface area contributed by atoms with E-state index in [0.29, 0.717) is 19.6 Å². The van der Waals surface area contributed by atoms with Crippen LogP contribution >= 0.6 is 0 Å². The van der Waals surface area contributed by atoms with Gasteiger partial charge >= 0.3 is 12.2 Å². The van der Waals surface area contributed by atoms with Crippen molar-refractivity contribution in [2.24, 2.45) is 0 Å². The predicted octanol–water partition coefficient (Wildman–Crippen LogP) is 2.07. The van der Waals surface area contributed by atoms with Gasteiger partial charge in [0.1, 0.15) is 6.61 Å². The highest BCUT2D eigenvalue weighted by Gasteiger charge is 2.33. The zero-order valence-electron chi connectivity index (χ0n) is 13.1. The molecule has 0 saturated carbocycles. The van der Waals surface area contributed by atoms with Crippen LogP contribution in [0.15, 0.2) is 30.3 Å². The lowest BCUT2D eigenvalue weighted by Crippen LogP contribution is -2.56. The average molecular weight is 322 g/mol. The van der Waals surface area contributed by atoms with Gasteiger partial charge in [0.25, 0.3) is 0 Å². The number of benzene rings is 1. The highest BCUT2D eigenvalue weighted by Crippen LogP contribution is 2.15. The Morgan fingerprint density at radius 3 is 2.74 bits per heavy atom. The summed E-state index contributed by atoms with van der Waals surface area (Å²) in [7, 11) is 0. The van der Waals surface area contributed by atoms with E-state index in [1.54, 1.807) is 0 Å². The Kier molecular flexibility index (Phi) is 6.22. The van der Waals surface area contributed by atoms with Crippen molar-refractivity contribution in [2.45, 2.75) is 32.1 Å². The molecule has 1 fully saturated rings. The average Bonchev–Trinajstić information content (AvgIpc) is 2.55. The second kappa shape index (κ2) is 8.38. The first-order chi connectivity index (χ1) is 11.1. The monoisotopic (exact) mass is 322 g/mol. The van der Waals surface area contributed by atoms with E-state index in [4.69, 9.17) is 14.6 Å². The molecule has 2 atom stereocenters. The third-order valence-electron chi connectivity index (χ3n) is 3.73. The number of likely N-dealkylation sites (tertiary alicyclic amines) is 1. The molecule has 126 valence electrons. The van der Waals surface area contributed by atoms with Gasteiger partial charge in [0.15, 0.2) is 0 Å². The van der Waals surface area contributed by atoms with Crippen LogP contribution < -0.4 is 5.32 Å². The van der Waals surface area contributed by atoms with Crippen LogP contribution in [0.4, 0.5) is 9.59 Å². The standard InChI is InChI=1S/C16H22N2O5/c1-2-22-14-10-18(16(20)21)9-8-13(14)17-15(19)23-11-12-6-4-3-5-7-12/h3-7,13-14H,2,8-11H2,1H3,(H,17,19)(H,20,21)/t13?,14-/m1/s1. The number of rotatable bonds is 5. The number of ether oxygens (including phenoxy) is 2. The van der Waals surface area contributed by atoms with Gasteiger partial charge in [-0.1, -0.05) is 30.3 Å². The highest BCUT2D eigenvalue weighted by molar-refractivity contribution is 5.68. The van der Waals surface area contributed by atoms with Crippen LogP contribution in [-0.4, -0.2) is 54.0 Å². The molecule has 0 aliphatic carbocycles. The maximum absolute atomic E-state index is 11.9. The fourth-order valence-corrected chi connectivity index (χ4v) is 2.55. The third-order valence-corrected chi connectivity index (χ3v) is 3.73. The molecule has 2 N–H and O–H groups in total. The van der Waals surface area contributed by atoms with Crippen LogP contribution in [0.5, 0.6) is 0 Å². The van der Waals surface area contributed by atoms with E-state index >= 15 is 0 Å². The van der Waals surface area contributed by atoms with Crippen molar-refractivity contribution in [3.8, 4) is 0 Å². The normalized spacial score (nSPS) is 20.8. The number of piperidine rings is 1. The summed E-state index contributed by atoms with van der Waals surface area (Å²) in [6, 6.07) is 9.15. The molecular formula is C16H22N2O5. The van der Waals surface area contributed by atoms with Crippen molar-refractivity contribution in [1.29, 1.82) is 0 Å². The molecule has 0 aromatic heterocycles. The lowest BCUT2D eigenvalue weighted by molar-refractivity contribution is -0.0125. The quantitative estimate of drug-likeness (QED) is 0.866. The number of nitrogens with zero attached hydrogens (tertiary/aromatic N) is 1. The predicted molar refractivity (Wildman–Crippen MR) is 83.2 cm³/mol. The van der Waals surface area contributed by atoms with Gasteiger partial charge in [-0.15, -0.1) is 0 Å². The van der Waals surface area contributed by atoms with Crippen molar-refractivity contribution in [2.75, 3.05) is 19.7 Å². The number of carbonyl (C=O) groups is 2. The number of hydrogen-bond donors (Lipinski definition) is 2. The van der Waals surface area contributed by atoms with Gasteiger partial charge in [-0.05, 0) is 18.9 Å². The Labute approximate surface area is 135 Å². The van der Waals surface area contributed by atoms with Crippen LogP contribution in [0.25, 0.3) is 0 Å². The molecule has 2 rings (SSSR count). The van der Waals surface area contributed by atoms with Crippen molar-refractivity contribution < 1.29 is 24.2 Å². The summed E-state index contributed by atoms with van der Waals surface area (Å²) in [6.07, 6.45) is -1.36. The first-order valence-corrected chi connectivity index (χ1v) is 7.66. The summed E-state index contributed by atoms with van der Waals surface area (Å²) in [4.78, 5) is 24.3. The minimum Gasteiger partial charge on any atom is -0.465 e. The fraction of sp³-hybridized carbons (Fsp3) is 0.500. The van der Waals surface area contributed by atoms with E-state index in [1.165, 1.54) is 4.90 Å². The van der Waals surface area contributed by atoms with Gasteiger partial charge in [0.05, 0.1) is 18.7 Å². The topological polar surface area (TPSA) is 88.1 Å². The van der Waals surface area contributed by atoms with Gasteiger partial charge in [-0.25, -0.2) is 9.59 Å². The first kappa shape index (κ1) is 17.1. The molecule has 1 heterocycles. The summed E-state index contributed by atoms with van der Waals surface area (Å²) in [6.45, 7) is 3.09. The fourth-order valence-electron chi connectivity index (χ4n) is 2.55. The third kappa shape index (κ3) is 5.14. The van der Waals surface area contributed by atoms with E-state index in [2.05, 4.69) is 5.32 Å². The minimum absolute atomic E-state index is 0.194. The van der Waals surface area contributed by atoms with E-state index in [9.17, 15) is 9.59 Å². The van der Waals surface area contributed by atoms with Gasteiger partial charge in [0.2, 0.25) is 0 Å². The molecule has 1 aromatic rings. The van der Waals surface area contributed by atoms with Crippen LogP contribution in [0.2, 0.25) is 0 Å². The van der Waals surface area contributed by atoms with E-state index in [-0.39, 0.29) is 25.3 Å². The Balaban J connectivity index is 1.84. The van der Waals surface area contributed by atoms with Crippen LogP contribution in [0.3, 0.4) is 0 Å². The van der Waals surface area contributed by atoms with Crippen molar-refractivity contribution in [1.82, 2.24) is 10.2 Å². The zero-order chi connectivity index (χ0) is 16.7. The Hall–Kier alpha value is -2.28. The Bertz CT molecular complexity index is 522. The molecule has 1 aliphatic heterocycles. The maximum Gasteiger partial charge on any atom is 0.407 e. The van der Waals surface area contributed by atoms with Crippen molar-refractivity contribution >= 4 is 12.2 Å². The summed E-state index contributed by atoms with van der Waals surface area (Å²) >= 11 is 0. The second-order valence-electron chi connectivity index (χ2n) is 5.32. The molecule has 7 heteroatoms. The van der Waals surface area contributed by atoms with E-state index in [0.717, 1.165) is 5.56 Å². The number of carbonyl (C=O) groups excluding carboxylic acids is 1. The largest absolute Gasteiger partial charge is 0.465 e. The highest BCUT2D eigenvalue weighted by atomic mass is 16.5. The van der Waals surface area contributed by atoms with Crippen molar-refractivity contribution in [3.63, 3.8) is 0 Å². The molecule has 0 radical (unpaired) electrons. The second-order valence-corrected chi connectivity index (χ2v) is 5.32. The lowest BCUT2D eigenvalue weighted by atomic mass is 10.0. The molecule has 1 aliphatic rings. The summed E-state index contributed by atoms with van der Waals surface area (Å²) in [5.41, 5.74) is 0.907. The molecule has 1 aromatic carbocycles. The molecule has 23 heavy (non-hydrogen) atoms. The molecule has 1 saturated heterocycles. The molecular weight excluding hydrogens is 300 g/mol. The van der Waals surface area contributed by atoms with Gasteiger partial charge in [-0.2, -0.15) is 0 Å². The molecule has 1 unspecified atom stereocenters. The number of amides is 2. The molecule has 7 nitrogen and oxygen atoms in total. The van der Waals surface area contributed by atoms with Gasteiger partial charge in [0, 0.05) is 13.2 Å². The van der Waals surface area contributed by atoms with E-state index in [1.807, 2.05) is 37.3 Å². The smallest absolute Gasteiger partial charge is 0.407 e. The van der Waals surface area contributed by atoms with Crippen LogP contribution in [-0.2, 0) is 16.1 Å². The van der Waals surface area contributed by atoms with E-state index < -0.39 is 12.2 Å². The number of carboxylic acid groups (broad SMARTS) is 1. The number of hydrogen-bond acceptors (Lipinski definition) is 4. The van der Waals surface area contributed by atoms with Gasteiger partial charge in [-0.3, -0.25) is 0 Å². The lowest BCUT2D eigenvalue weighted by Gasteiger charge is -2.36. The number of nitrogens with one attached hydrogen (secondary N) is 1. The summed E-state index contributed by atoms with van der Waals surface area (Å²) in [5.74, 6) is 0. The Morgan fingerprint density at radius 1 is 1.35 bits per heavy atom. The SMILES string of the molecule is CCO[C@@H]1CN(C(=O)O)CCC1NC(=O)OCc1ccccc1. The Morgan fingerprint density at radius 2 is 2.09 bits per heavy atom. The molecule has 0 bridgehead atoms. The first-order valence-electron chi connectivity index (χ1n) is 7.66. The molecule has 0 spiro atoms. The zero-order valence-corrected chi connectivity index (χ0v) is 13.1. The maximum atomic E-state index is 11.9.